The van der Waals surface area contributed by atoms with Crippen LogP contribution in [0.3, 0.4) is 0 Å². The molecule has 0 saturated heterocycles. The largest absolute Gasteiger partial charge is 0.306 e. The van der Waals surface area contributed by atoms with E-state index in [4.69, 9.17) is 0 Å². The summed E-state index contributed by atoms with van der Waals surface area (Å²) < 4.78 is 13.9. The molecule has 0 fully saturated rings. The Morgan fingerprint density at radius 3 is 2.76 bits per heavy atom. The van der Waals surface area contributed by atoms with Crippen molar-refractivity contribution < 1.29 is 4.21 Å². The lowest BCUT2D eigenvalue weighted by atomic mass is 10.2. The molecule has 90 valence electrons. The summed E-state index contributed by atoms with van der Waals surface area (Å²) in [5.41, 5.74) is 2.15. The summed E-state index contributed by atoms with van der Waals surface area (Å²) in [5.74, 6) is 0.589. The van der Waals surface area contributed by atoms with Gasteiger partial charge < -0.3 is 4.57 Å². The molecule has 0 radical (unpaired) electrons. The molecule has 2 aromatic rings. The van der Waals surface area contributed by atoms with Gasteiger partial charge in [-0.15, -0.1) is 0 Å². The van der Waals surface area contributed by atoms with E-state index in [9.17, 15) is 4.21 Å². The Morgan fingerprint density at radius 2 is 2.12 bits per heavy atom. The minimum atomic E-state index is -0.828. The number of hydrogen-bond acceptors (Lipinski definition) is 2. The van der Waals surface area contributed by atoms with Gasteiger partial charge in [-0.3, -0.25) is 4.21 Å². The highest BCUT2D eigenvalue weighted by Crippen LogP contribution is 2.17. The van der Waals surface area contributed by atoms with E-state index in [1.165, 1.54) is 0 Å². The number of rotatable bonds is 4. The molecule has 1 aromatic carbocycles. The van der Waals surface area contributed by atoms with Gasteiger partial charge in [0.2, 0.25) is 0 Å². The van der Waals surface area contributed by atoms with Crippen molar-refractivity contribution in [2.75, 3.05) is 0 Å². The maximum atomic E-state index is 11.9. The Balaban J connectivity index is 2.32. The van der Waals surface area contributed by atoms with Crippen molar-refractivity contribution in [2.45, 2.75) is 24.9 Å². The zero-order valence-electron chi connectivity index (χ0n) is 10.0. The third-order valence-electron chi connectivity index (χ3n) is 2.60. The fraction of sp³-hybridized carbons (Fsp3) is 0.308. The van der Waals surface area contributed by atoms with Crippen molar-refractivity contribution >= 4 is 10.8 Å². The van der Waals surface area contributed by atoms with Gasteiger partial charge in [-0.2, -0.15) is 0 Å². The standard InChI is InChI=1S/C13H16N2OS/c1-11(2)17(16)9-12-5-3-4-6-13(12)15-8-7-14-10-15/h3-8,10-11H,9H2,1-2H3. The zero-order valence-corrected chi connectivity index (χ0v) is 10.9. The van der Waals surface area contributed by atoms with Crippen LogP contribution in [-0.4, -0.2) is 19.0 Å². The Bertz CT molecular complexity index is 506. The van der Waals surface area contributed by atoms with E-state index >= 15 is 0 Å². The molecule has 0 saturated carbocycles. The SMILES string of the molecule is CC(C)S(=O)Cc1ccccc1-n1ccnc1. The van der Waals surface area contributed by atoms with Gasteiger partial charge in [-0.05, 0) is 11.6 Å². The second kappa shape index (κ2) is 5.27. The summed E-state index contributed by atoms with van der Waals surface area (Å²) in [7, 11) is -0.828. The van der Waals surface area contributed by atoms with Gasteiger partial charge in [0, 0.05) is 28.4 Å². The van der Waals surface area contributed by atoms with Crippen LogP contribution in [0.2, 0.25) is 0 Å². The number of hydrogen-bond donors (Lipinski definition) is 0. The van der Waals surface area contributed by atoms with Crippen LogP contribution < -0.4 is 0 Å². The van der Waals surface area contributed by atoms with Gasteiger partial charge in [-0.1, -0.05) is 32.0 Å². The number of benzene rings is 1. The summed E-state index contributed by atoms with van der Waals surface area (Å²) in [6.07, 6.45) is 5.41. The molecule has 4 heteroatoms. The molecule has 0 aliphatic rings. The maximum Gasteiger partial charge on any atom is 0.0991 e. The molecular formula is C13H16N2OS. The molecule has 0 amide bonds. The predicted octanol–water partition coefficient (Wildman–Crippen LogP) is 2.53. The topological polar surface area (TPSA) is 34.9 Å². The summed E-state index contributed by atoms with van der Waals surface area (Å²) in [4.78, 5) is 4.04. The molecular weight excluding hydrogens is 232 g/mol. The third kappa shape index (κ3) is 2.82. The van der Waals surface area contributed by atoms with Gasteiger partial charge in [0.05, 0.1) is 17.8 Å². The van der Waals surface area contributed by atoms with Crippen LogP contribution in [0, 0.1) is 0 Å². The lowest BCUT2D eigenvalue weighted by Crippen LogP contribution is -2.09. The Kier molecular flexibility index (Phi) is 3.74. The molecule has 0 aliphatic carbocycles. The number of imidazole rings is 1. The predicted molar refractivity (Wildman–Crippen MR) is 70.5 cm³/mol. The minimum Gasteiger partial charge on any atom is -0.306 e. The molecule has 17 heavy (non-hydrogen) atoms. The van der Waals surface area contributed by atoms with Gasteiger partial charge in [-0.25, -0.2) is 4.98 Å². The fourth-order valence-corrected chi connectivity index (χ4v) is 2.49. The summed E-state index contributed by atoms with van der Waals surface area (Å²) in [6, 6.07) is 8.01. The fourth-order valence-electron chi connectivity index (χ4n) is 1.61. The molecule has 1 heterocycles. The highest BCUT2D eigenvalue weighted by Gasteiger charge is 2.10. The number of para-hydroxylation sites is 1. The van der Waals surface area contributed by atoms with E-state index in [1.807, 2.05) is 48.9 Å². The average Bonchev–Trinajstić information content (AvgIpc) is 2.83. The Hall–Kier alpha value is -1.42. The van der Waals surface area contributed by atoms with Crippen molar-refractivity contribution in [3.8, 4) is 5.69 Å². The first-order chi connectivity index (χ1) is 8.18. The van der Waals surface area contributed by atoms with Crippen LogP contribution in [0.25, 0.3) is 5.69 Å². The van der Waals surface area contributed by atoms with E-state index in [-0.39, 0.29) is 5.25 Å². The smallest absolute Gasteiger partial charge is 0.0991 e. The van der Waals surface area contributed by atoms with Gasteiger partial charge >= 0.3 is 0 Å². The normalized spacial score (nSPS) is 12.9. The van der Waals surface area contributed by atoms with Crippen LogP contribution in [-0.2, 0) is 16.6 Å². The number of nitrogens with zero attached hydrogens (tertiary/aromatic N) is 2. The molecule has 0 spiro atoms. The van der Waals surface area contributed by atoms with Crippen LogP contribution >= 0.6 is 0 Å². The zero-order chi connectivity index (χ0) is 12.3. The Labute approximate surface area is 104 Å². The molecule has 1 unspecified atom stereocenters. The van der Waals surface area contributed by atoms with Crippen molar-refractivity contribution in [2.24, 2.45) is 0 Å². The van der Waals surface area contributed by atoms with E-state index in [0.29, 0.717) is 5.75 Å². The number of aromatic nitrogens is 2. The molecule has 1 aromatic heterocycles. The molecule has 0 aliphatic heterocycles. The molecule has 3 nitrogen and oxygen atoms in total. The average molecular weight is 248 g/mol. The van der Waals surface area contributed by atoms with Crippen LogP contribution in [0.4, 0.5) is 0 Å². The lowest BCUT2D eigenvalue weighted by Gasteiger charge is -2.11. The van der Waals surface area contributed by atoms with E-state index in [2.05, 4.69) is 4.98 Å². The monoisotopic (exact) mass is 248 g/mol. The van der Waals surface area contributed by atoms with Crippen molar-refractivity contribution in [1.82, 2.24) is 9.55 Å². The third-order valence-corrected chi connectivity index (χ3v) is 4.24. The minimum absolute atomic E-state index is 0.186. The molecule has 0 N–H and O–H groups in total. The first-order valence-corrected chi connectivity index (χ1v) is 7.00. The van der Waals surface area contributed by atoms with Crippen LogP contribution in [0.15, 0.2) is 43.0 Å². The second-order valence-corrected chi connectivity index (χ2v) is 6.17. The molecule has 0 bridgehead atoms. The van der Waals surface area contributed by atoms with Gasteiger partial charge in [0.25, 0.3) is 0 Å². The van der Waals surface area contributed by atoms with Crippen molar-refractivity contribution in [3.63, 3.8) is 0 Å². The summed E-state index contributed by atoms with van der Waals surface area (Å²) in [6.45, 7) is 3.96. The summed E-state index contributed by atoms with van der Waals surface area (Å²) in [5, 5.41) is 0.186. The summed E-state index contributed by atoms with van der Waals surface area (Å²) >= 11 is 0. The molecule has 1 atom stereocenters. The van der Waals surface area contributed by atoms with E-state index in [1.54, 1.807) is 12.5 Å². The highest BCUT2D eigenvalue weighted by atomic mass is 32.2. The second-order valence-electron chi connectivity index (χ2n) is 4.17. The van der Waals surface area contributed by atoms with Gasteiger partial charge in [0.1, 0.15) is 0 Å². The van der Waals surface area contributed by atoms with Crippen LogP contribution in [0.1, 0.15) is 19.4 Å². The first kappa shape index (κ1) is 12.0. The van der Waals surface area contributed by atoms with Crippen molar-refractivity contribution in [3.05, 3.63) is 48.5 Å². The highest BCUT2D eigenvalue weighted by molar-refractivity contribution is 7.84. The molecule has 2 rings (SSSR count). The van der Waals surface area contributed by atoms with E-state index in [0.717, 1.165) is 11.3 Å². The van der Waals surface area contributed by atoms with Gasteiger partial charge in [0.15, 0.2) is 0 Å². The maximum absolute atomic E-state index is 11.9. The Morgan fingerprint density at radius 1 is 1.35 bits per heavy atom. The quantitative estimate of drug-likeness (QED) is 0.833. The van der Waals surface area contributed by atoms with E-state index < -0.39 is 10.8 Å². The lowest BCUT2D eigenvalue weighted by molar-refractivity contribution is 0.676. The van der Waals surface area contributed by atoms with Crippen LogP contribution in [0.5, 0.6) is 0 Å². The van der Waals surface area contributed by atoms with Crippen molar-refractivity contribution in [1.29, 1.82) is 0 Å². The first-order valence-electron chi connectivity index (χ1n) is 5.62.